The maximum atomic E-state index is 12.5. The fraction of sp³-hybridized carbons (Fsp3) is 0.360. The average molecular weight is 482 g/mol. The van der Waals surface area contributed by atoms with E-state index >= 15 is 0 Å². The minimum absolute atomic E-state index is 0.0557. The highest BCUT2D eigenvalue weighted by molar-refractivity contribution is 6.01. The van der Waals surface area contributed by atoms with E-state index < -0.39 is 35.2 Å². The molecule has 0 saturated carbocycles. The summed E-state index contributed by atoms with van der Waals surface area (Å²) in [6.07, 6.45) is 2.73. The van der Waals surface area contributed by atoms with E-state index in [0.717, 1.165) is 25.3 Å². The Morgan fingerprint density at radius 2 is 1.80 bits per heavy atom. The van der Waals surface area contributed by atoms with Gasteiger partial charge >= 0.3 is 11.9 Å². The Bertz CT molecular complexity index is 1110. The van der Waals surface area contributed by atoms with Gasteiger partial charge in [-0.05, 0) is 30.7 Å². The zero-order valence-corrected chi connectivity index (χ0v) is 19.3. The molecule has 1 heterocycles. The molecule has 0 radical (unpaired) electrons. The highest BCUT2D eigenvalue weighted by atomic mass is 16.6. The van der Waals surface area contributed by atoms with Crippen molar-refractivity contribution in [3.05, 3.63) is 69.8 Å². The van der Waals surface area contributed by atoms with E-state index in [2.05, 4.69) is 6.92 Å². The average Bonchev–Trinajstić information content (AvgIpc) is 3.26. The number of nitro benzene ring substituents is 1. The first-order valence-corrected chi connectivity index (χ1v) is 11.3. The van der Waals surface area contributed by atoms with Gasteiger partial charge in [-0.15, -0.1) is 0 Å². The molecule has 1 amide bonds. The molecule has 1 atom stereocenters. The number of ketones is 1. The van der Waals surface area contributed by atoms with Crippen molar-refractivity contribution in [1.29, 1.82) is 0 Å². The number of nitro groups is 1. The van der Waals surface area contributed by atoms with Crippen LogP contribution in [0.25, 0.3) is 0 Å². The normalized spacial score (nSPS) is 15.1. The molecule has 0 unspecified atom stereocenters. The molecule has 1 aliphatic rings. The lowest BCUT2D eigenvalue weighted by Crippen LogP contribution is -2.27. The van der Waals surface area contributed by atoms with E-state index in [1.54, 1.807) is 24.3 Å². The SMILES string of the molecule is CCCCCOC(=O)c1ccc(N2C[C@H](C(=O)OCC(=O)c3cccc([N+](=O)[O-])c3)CC2=O)cc1. The van der Waals surface area contributed by atoms with Gasteiger partial charge in [0.1, 0.15) is 0 Å². The molecular formula is C25H26N2O8. The molecule has 0 N–H and O–H groups in total. The van der Waals surface area contributed by atoms with Crippen LogP contribution in [0.5, 0.6) is 0 Å². The smallest absolute Gasteiger partial charge is 0.338 e. The second kappa shape index (κ2) is 11.9. The number of ether oxygens (including phenoxy) is 2. The summed E-state index contributed by atoms with van der Waals surface area (Å²) >= 11 is 0. The summed E-state index contributed by atoms with van der Waals surface area (Å²) in [6, 6.07) is 11.5. The monoisotopic (exact) mass is 482 g/mol. The van der Waals surface area contributed by atoms with Gasteiger partial charge < -0.3 is 14.4 Å². The molecule has 10 heteroatoms. The number of amides is 1. The maximum Gasteiger partial charge on any atom is 0.338 e. The lowest BCUT2D eigenvalue weighted by Gasteiger charge is -2.17. The number of carbonyl (C=O) groups excluding carboxylic acids is 4. The van der Waals surface area contributed by atoms with Crippen molar-refractivity contribution in [3.8, 4) is 0 Å². The number of benzene rings is 2. The molecule has 0 spiro atoms. The third kappa shape index (κ3) is 6.72. The van der Waals surface area contributed by atoms with Gasteiger partial charge in [0, 0.05) is 36.3 Å². The second-order valence-electron chi connectivity index (χ2n) is 8.13. The molecule has 35 heavy (non-hydrogen) atoms. The standard InChI is InChI=1S/C25H26N2O8/c1-2-3-4-12-34-24(30)17-8-10-20(11-9-17)26-15-19(14-23(26)29)25(31)35-16-22(28)18-6-5-7-21(13-18)27(32)33/h5-11,13,19H,2-4,12,14-16H2,1H3/t19-/m1/s1. The Morgan fingerprint density at radius 1 is 1.06 bits per heavy atom. The number of nitrogens with zero attached hydrogens (tertiary/aromatic N) is 2. The number of hydrogen-bond donors (Lipinski definition) is 0. The van der Waals surface area contributed by atoms with Gasteiger partial charge in [0.2, 0.25) is 11.7 Å². The summed E-state index contributed by atoms with van der Waals surface area (Å²) in [6.45, 7) is 1.90. The number of hydrogen-bond acceptors (Lipinski definition) is 8. The summed E-state index contributed by atoms with van der Waals surface area (Å²) in [4.78, 5) is 60.9. The van der Waals surface area contributed by atoms with Crippen molar-refractivity contribution >= 4 is 35.0 Å². The van der Waals surface area contributed by atoms with E-state index in [4.69, 9.17) is 9.47 Å². The molecule has 1 aliphatic heterocycles. The molecule has 1 saturated heterocycles. The second-order valence-corrected chi connectivity index (χ2v) is 8.13. The molecule has 2 aromatic rings. The lowest BCUT2D eigenvalue weighted by molar-refractivity contribution is -0.384. The highest BCUT2D eigenvalue weighted by Gasteiger charge is 2.36. The third-order valence-electron chi connectivity index (χ3n) is 5.58. The number of esters is 2. The van der Waals surface area contributed by atoms with Gasteiger partial charge in [-0.2, -0.15) is 0 Å². The molecule has 2 aromatic carbocycles. The lowest BCUT2D eigenvalue weighted by atomic mass is 10.1. The molecule has 3 rings (SSSR count). The van der Waals surface area contributed by atoms with E-state index in [-0.39, 0.29) is 30.1 Å². The summed E-state index contributed by atoms with van der Waals surface area (Å²) in [5.41, 5.74) is 0.711. The fourth-order valence-electron chi connectivity index (χ4n) is 3.62. The van der Waals surface area contributed by atoms with Crippen molar-refractivity contribution in [2.45, 2.75) is 32.6 Å². The molecule has 10 nitrogen and oxygen atoms in total. The molecular weight excluding hydrogens is 456 g/mol. The minimum Gasteiger partial charge on any atom is -0.462 e. The predicted molar refractivity (Wildman–Crippen MR) is 125 cm³/mol. The summed E-state index contributed by atoms with van der Waals surface area (Å²) in [5, 5.41) is 10.9. The summed E-state index contributed by atoms with van der Waals surface area (Å²) < 4.78 is 10.3. The Kier molecular flexibility index (Phi) is 8.66. The van der Waals surface area contributed by atoms with Crippen molar-refractivity contribution in [1.82, 2.24) is 0 Å². The van der Waals surface area contributed by atoms with Crippen molar-refractivity contribution in [2.75, 3.05) is 24.7 Å². The van der Waals surface area contributed by atoms with Crippen LogP contribution < -0.4 is 4.90 Å². The van der Waals surface area contributed by atoms with Crippen LogP contribution in [0, 0.1) is 16.0 Å². The Morgan fingerprint density at radius 3 is 2.49 bits per heavy atom. The molecule has 0 bridgehead atoms. The van der Waals surface area contributed by atoms with Gasteiger partial charge in [-0.25, -0.2) is 4.79 Å². The number of non-ortho nitro benzene ring substituents is 1. The van der Waals surface area contributed by atoms with Crippen LogP contribution in [0.1, 0.15) is 53.3 Å². The van der Waals surface area contributed by atoms with Crippen LogP contribution in [0.2, 0.25) is 0 Å². The number of anilines is 1. The van der Waals surface area contributed by atoms with Gasteiger partial charge in [0.15, 0.2) is 6.61 Å². The van der Waals surface area contributed by atoms with Crippen LogP contribution in [0.3, 0.4) is 0 Å². The quantitative estimate of drug-likeness (QED) is 0.156. The zero-order valence-electron chi connectivity index (χ0n) is 19.3. The van der Waals surface area contributed by atoms with Crippen LogP contribution in [0.15, 0.2) is 48.5 Å². The first kappa shape index (κ1) is 25.5. The molecule has 184 valence electrons. The van der Waals surface area contributed by atoms with Gasteiger partial charge in [0.05, 0.1) is 23.0 Å². The largest absolute Gasteiger partial charge is 0.462 e. The highest BCUT2D eigenvalue weighted by Crippen LogP contribution is 2.26. The van der Waals surface area contributed by atoms with Gasteiger partial charge in [-0.1, -0.05) is 31.9 Å². The van der Waals surface area contributed by atoms with Crippen LogP contribution in [0.4, 0.5) is 11.4 Å². The van der Waals surface area contributed by atoms with Crippen LogP contribution >= 0.6 is 0 Å². The van der Waals surface area contributed by atoms with Gasteiger partial charge in [0.25, 0.3) is 5.69 Å². The predicted octanol–water partition coefficient (Wildman–Crippen LogP) is 3.72. The topological polar surface area (TPSA) is 133 Å². The number of rotatable bonds is 11. The third-order valence-corrected chi connectivity index (χ3v) is 5.58. The summed E-state index contributed by atoms with van der Waals surface area (Å²) in [5.74, 6) is -2.77. The van der Waals surface area contributed by atoms with Crippen LogP contribution in [-0.4, -0.2) is 48.3 Å². The van der Waals surface area contributed by atoms with Crippen molar-refractivity contribution in [3.63, 3.8) is 0 Å². The summed E-state index contributed by atoms with van der Waals surface area (Å²) in [7, 11) is 0. The minimum atomic E-state index is -0.761. The zero-order chi connectivity index (χ0) is 25.4. The Hall–Kier alpha value is -4.08. The van der Waals surface area contributed by atoms with E-state index in [9.17, 15) is 29.3 Å². The van der Waals surface area contributed by atoms with Crippen molar-refractivity contribution < 1.29 is 33.6 Å². The number of unbranched alkanes of at least 4 members (excludes halogenated alkanes) is 2. The first-order valence-electron chi connectivity index (χ1n) is 11.3. The molecule has 1 fully saturated rings. The number of carbonyl (C=O) groups is 4. The Balaban J connectivity index is 1.53. The van der Waals surface area contributed by atoms with Crippen molar-refractivity contribution in [2.24, 2.45) is 5.92 Å². The van der Waals surface area contributed by atoms with E-state index in [1.807, 2.05) is 0 Å². The number of Topliss-reactive ketones (excluding diaryl/α,β-unsaturated/α-hetero) is 1. The van der Waals surface area contributed by atoms with Crippen LogP contribution in [-0.2, 0) is 19.1 Å². The maximum absolute atomic E-state index is 12.5. The fourth-order valence-corrected chi connectivity index (χ4v) is 3.62. The first-order chi connectivity index (χ1) is 16.8. The Labute approximate surface area is 202 Å². The van der Waals surface area contributed by atoms with E-state index in [1.165, 1.54) is 23.1 Å². The molecule has 0 aromatic heterocycles. The molecule has 0 aliphatic carbocycles. The van der Waals surface area contributed by atoms with Gasteiger partial charge in [-0.3, -0.25) is 24.5 Å². The van der Waals surface area contributed by atoms with E-state index in [0.29, 0.717) is 17.9 Å².